The molecule has 69 heavy (non-hydrogen) atoms. The zero-order valence-corrected chi connectivity index (χ0v) is 41.3. The van der Waals surface area contributed by atoms with Crippen LogP contribution in [0.1, 0.15) is 107 Å². The lowest BCUT2D eigenvalue weighted by molar-refractivity contribution is -0.137. The highest BCUT2D eigenvalue weighted by Crippen LogP contribution is 2.43. The van der Waals surface area contributed by atoms with Gasteiger partial charge in [-0.2, -0.15) is 5.10 Å². The summed E-state index contributed by atoms with van der Waals surface area (Å²) in [6.07, 6.45) is 6.12. The Morgan fingerprint density at radius 1 is 0.870 bits per heavy atom. The minimum absolute atomic E-state index is 0.149. The van der Waals surface area contributed by atoms with Gasteiger partial charge in [0.05, 0.1) is 29.4 Å². The van der Waals surface area contributed by atoms with E-state index in [1.54, 1.807) is 23.1 Å². The first kappa shape index (κ1) is 47.9. The maximum Gasteiger partial charge on any atom is 0.355 e. The van der Waals surface area contributed by atoms with Crippen LogP contribution < -0.4 is 14.8 Å². The zero-order chi connectivity index (χ0) is 48.7. The summed E-state index contributed by atoms with van der Waals surface area (Å²) in [5.41, 5.74) is 8.77. The number of imide groups is 1. The molecule has 2 fully saturated rings. The van der Waals surface area contributed by atoms with Crippen molar-refractivity contribution < 1.29 is 38.2 Å². The van der Waals surface area contributed by atoms with Crippen molar-refractivity contribution in [2.24, 2.45) is 7.05 Å². The molecule has 15 nitrogen and oxygen atoms in total. The van der Waals surface area contributed by atoms with Gasteiger partial charge in [0.25, 0.3) is 11.8 Å². The Kier molecular flexibility index (Phi) is 13.6. The number of carbonyl (C=O) groups is 5. The number of amides is 4. The van der Waals surface area contributed by atoms with Gasteiger partial charge in [0.15, 0.2) is 6.61 Å². The standard InChI is InChI=1S/C53H62ClN7O8/c1-32-46(33(2)57(6)56-32)47-40(54)20-19-37-36(16-11-29-67-42-17-9-13-34-12-7-8-14-35(34)42)49(52(66)69-53(3,4)5)60(48(37)47)28-25-58-23-26-59(27-24-58)45(63)31-68-43-18-10-15-38-39(43)30-61(51(38)65)41-21-22-44(62)55-50(41)64/h9-10,13,15,17-20,41H,7-8,11-12,14,16,21-31H2,1-6H3,(H,55,62,64). The topological polar surface area (TPSA) is 158 Å². The summed E-state index contributed by atoms with van der Waals surface area (Å²) in [7, 11) is 1.92. The molecule has 4 aliphatic rings. The Morgan fingerprint density at radius 2 is 1.61 bits per heavy atom. The minimum Gasteiger partial charge on any atom is -0.493 e. The number of piperazine rings is 1. The van der Waals surface area contributed by atoms with Crippen molar-refractivity contribution in [2.45, 2.75) is 111 Å². The van der Waals surface area contributed by atoms with Crippen LogP contribution in [0.4, 0.5) is 0 Å². The molecular weight excluding hydrogens is 898 g/mol. The number of hydrogen-bond donors (Lipinski definition) is 1. The van der Waals surface area contributed by atoms with Crippen LogP contribution in [-0.2, 0) is 58.5 Å². The Morgan fingerprint density at radius 3 is 2.33 bits per heavy atom. The van der Waals surface area contributed by atoms with Gasteiger partial charge in [-0.1, -0.05) is 35.9 Å². The molecule has 4 amide bonds. The summed E-state index contributed by atoms with van der Waals surface area (Å²) < 4.78 is 22.7. The molecule has 0 radical (unpaired) electrons. The van der Waals surface area contributed by atoms with Crippen LogP contribution in [0.3, 0.4) is 0 Å². The van der Waals surface area contributed by atoms with E-state index in [1.165, 1.54) is 22.4 Å². The van der Waals surface area contributed by atoms with Gasteiger partial charge in [-0.15, -0.1) is 0 Å². The molecular formula is C53H62ClN7O8. The number of hydrogen-bond acceptors (Lipinski definition) is 10. The third-order valence-corrected chi connectivity index (χ3v) is 14.4. The summed E-state index contributed by atoms with van der Waals surface area (Å²) >= 11 is 7.22. The van der Waals surface area contributed by atoms with E-state index in [0.717, 1.165) is 64.0 Å². The van der Waals surface area contributed by atoms with Crippen LogP contribution in [0.15, 0.2) is 48.5 Å². The summed E-state index contributed by atoms with van der Waals surface area (Å²) in [5.74, 6) is -0.348. The highest BCUT2D eigenvalue weighted by Gasteiger charge is 2.40. The van der Waals surface area contributed by atoms with Crippen LogP contribution in [0.5, 0.6) is 11.5 Å². The second-order valence-corrected chi connectivity index (χ2v) is 20.1. The fourth-order valence-corrected chi connectivity index (χ4v) is 10.8. The van der Waals surface area contributed by atoms with Crippen molar-refractivity contribution in [2.75, 3.05) is 45.9 Å². The third kappa shape index (κ3) is 9.72. The smallest absolute Gasteiger partial charge is 0.355 e. The molecule has 1 N–H and O–H groups in total. The molecule has 0 saturated carbocycles. The Labute approximate surface area is 408 Å². The van der Waals surface area contributed by atoms with E-state index in [9.17, 15) is 24.0 Å². The number of carbonyl (C=O) groups excluding carboxylic acids is 5. The van der Waals surface area contributed by atoms with Gasteiger partial charge in [-0.05, 0) is 121 Å². The number of fused-ring (bicyclic) bond motifs is 3. The number of esters is 1. The Hall–Kier alpha value is -6.19. The molecule has 2 aromatic heterocycles. The van der Waals surface area contributed by atoms with E-state index < -0.39 is 23.5 Å². The van der Waals surface area contributed by atoms with Crippen molar-refractivity contribution in [1.29, 1.82) is 0 Å². The van der Waals surface area contributed by atoms with Gasteiger partial charge in [-0.25, -0.2) is 4.79 Å². The van der Waals surface area contributed by atoms with Crippen LogP contribution in [0, 0.1) is 13.8 Å². The number of ether oxygens (including phenoxy) is 3. The predicted molar refractivity (Wildman–Crippen MR) is 262 cm³/mol. The second-order valence-electron chi connectivity index (χ2n) is 19.7. The molecule has 1 unspecified atom stereocenters. The van der Waals surface area contributed by atoms with Crippen LogP contribution >= 0.6 is 11.6 Å². The van der Waals surface area contributed by atoms with Gasteiger partial charge < -0.3 is 28.6 Å². The van der Waals surface area contributed by atoms with E-state index in [2.05, 4.69) is 33.0 Å². The number of benzene rings is 3. The fraction of sp³-hybridized carbons (Fsp3) is 0.472. The summed E-state index contributed by atoms with van der Waals surface area (Å²) in [6, 6.07) is 14.7. The number of aryl methyl sites for hydroxylation is 4. The molecule has 5 heterocycles. The molecule has 9 rings (SSSR count). The Balaban J connectivity index is 0.930. The largest absolute Gasteiger partial charge is 0.493 e. The number of piperidine rings is 1. The monoisotopic (exact) mass is 959 g/mol. The molecule has 3 aromatic carbocycles. The van der Waals surface area contributed by atoms with Crippen LogP contribution in [-0.4, -0.2) is 116 Å². The first-order chi connectivity index (χ1) is 33.1. The minimum atomic E-state index is -0.750. The van der Waals surface area contributed by atoms with E-state index in [4.69, 9.17) is 30.9 Å². The quantitative estimate of drug-likeness (QED) is 0.0690. The normalized spacial score (nSPS) is 17.6. The fourth-order valence-electron chi connectivity index (χ4n) is 10.6. The van der Waals surface area contributed by atoms with Gasteiger partial charge >= 0.3 is 5.97 Å². The van der Waals surface area contributed by atoms with Crippen molar-refractivity contribution in [3.8, 4) is 22.6 Å². The number of rotatable bonds is 14. The molecule has 5 aromatic rings. The van der Waals surface area contributed by atoms with Gasteiger partial charge in [-0.3, -0.25) is 34.1 Å². The Bertz CT molecular complexity index is 2850. The van der Waals surface area contributed by atoms with Crippen LogP contribution in [0.25, 0.3) is 22.0 Å². The van der Waals surface area contributed by atoms with Crippen molar-refractivity contribution in [3.05, 3.63) is 98.5 Å². The lowest BCUT2D eigenvalue weighted by Gasteiger charge is -2.35. The molecule has 1 aliphatic carbocycles. The molecule has 3 aliphatic heterocycles. The first-order valence-corrected chi connectivity index (χ1v) is 24.7. The average molecular weight is 961 g/mol. The van der Waals surface area contributed by atoms with Crippen molar-refractivity contribution in [3.63, 3.8) is 0 Å². The number of nitrogens with zero attached hydrogens (tertiary/aromatic N) is 6. The highest BCUT2D eigenvalue weighted by molar-refractivity contribution is 6.35. The number of aromatic nitrogens is 3. The summed E-state index contributed by atoms with van der Waals surface area (Å²) in [4.78, 5) is 71.6. The van der Waals surface area contributed by atoms with Crippen molar-refractivity contribution in [1.82, 2.24) is 34.4 Å². The highest BCUT2D eigenvalue weighted by atomic mass is 35.5. The molecule has 364 valence electrons. The maximum atomic E-state index is 14.6. The van der Waals surface area contributed by atoms with Gasteiger partial charge in [0.2, 0.25) is 11.8 Å². The van der Waals surface area contributed by atoms with E-state index in [0.29, 0.717) is 86.3 Å². The molecule has 2 saturated heterocycles. The third-order valence-electron chi connectivity index (χ3n) is 14.1. The number of halogens is 1. The second kappa shape index (κ2) is 19.7. The van der Waals surface area contributed by atoms with E-state index in [-0.39, 0.29) is 43.7 Å². The first-order valence-electron chi connectivity index (χ1n) is 24.3. The SMILES string of the molecule is Cc1nn(C)c(C)c1-c1c(Cl)ccc2c(CCCOc3cccc4c3CCCC4)c(C(=O)OC(C)(C)C)n(CCN3CCN(C(=O)COc4cccc5c4CN(C4CCC(=O)NC4=O)C5=O)CC3)c12. The molecule has 16 heteroatoms. The van der Waals surface area contributed by atoms with E-state index in [1.807, 2.05) is 58.5 Å². The predicted octanol–water partition coefficient (Wildman–Crippen LogP) is 7.14. The number of nitrogens with one attached hydrogen (secondary N) is 1. The van der Waals surface area contributed by atoms with Crippen molar-refractivity contribution >= 4 is 52.1 Å². The lowest BCUT2D eigenvalue weighted by Crippen LogP contribution is -2.52. The van der Waals surface area contributed by atoms with Gasteiger partial charge in [0, 0.05) is 86.1 Å². The maximum absolute atomic E-state index is 14.6. The lowest BCUT2D eigenvalue weighted by atomic mass is 9.91. The summed E-state index contributed by atoms with van der Waals surface area (Å²) in [6.45, 7) is 13.3. The molecule has 1 atom stereocenters. The molecule has 0 spiro atoms. The van der Waals surface area contributed by atoms with Crippen LogP contribution in [0.2, 0.25) is 5.02 Å². The zero-order valence-electron chi connectivity index (χ0n) is 40.5. The van der Waals surface area contributed by atoms with Gasteiger partial charge in [0.1, 0.15) is 28.8 Å². The average Bonchev–Trinajstić information content (AvgIpc) is 3.92. The summed E-state index contributed by atoms with van der Waals surface area (Å²) in [5, 5.41) is 8.59. The molecule has 0 bridgehead atoms. The van der Waals surface area contributed by atoms with E-state index >= 15 is 0 Å².